The molecule has 1 fully saturated rings. The molecular weight excluding hydrogens is 450 g/mol. The minimum Gasteiger partial charge on any atom is -0.441 e. The highest BCUT2D eigenvalue weighted by Crippen LogP contribution is 2.29. The number of anilines is 1. The molecule has 32 heavy (non-hydrogen) atoms. The van der Waals surface area contributed by atoms with Crippen molar-refractivity contribution >= 4 is 19.6 Å². The standard InChI is InChI=1S/C17H15FN6O3.H3O4P/c1-23-21-16(20-22-23)15-5-2-10(7-19-15)13-4-3-11(6-14(13)18)24-8-12(9-25)27-17(24)26;1-5(2,3)4/h2-7,12,25H,8-9H2,1H3;(H3,1,2,3,4). The minimum atomic E-state index is -4.64. The molecule has 4 rings (SSSR count). The van der Waals surface area contributed by atoms with Crippen LogP contribution in [0.2, 0.25) is 0 Å². The summed E-state index contributed by atoms with van der Waals surface area (Å²) in [5, 5.41) is 20.8. The maximum atomic E-state index is 14.6. The summed E-state index contributed by atoms with van der Waals surface area (Å²) in [6.45, 7) is -0.100. The van der Waals surface area contributed by atoms with Gasteiger partial charge in [0.1, 0.15) is 17.6 Å². The Morgan fingerprint density at radius 3 is 2.47 bits per heavy atom. The van der Waals surface area contributed by atoms with Crippen molar-refractivity contribution in [2.75, 3.05) is 18.1 Å². The Hall–Kier alpha value is -3.29. The van der Waals surface area contributed by atoms with E-state index in [1.54, 1.807) is 31.3 Å². The van der Waals surface area contributed by atoms with Gasteiger partial charge in [0.2, 0.25) is 5.82 Å². The number of amides is 1. The second kappa shape index (κ2) is 9.46. The summed E-state index contributed by atoms with van der Waals surface area (Å²) in [6.07, 6.45) is 0.311. The molecule has 1 aromatic carbocycles. The first-order valence-electron chi connectivity index (χ1n) is 8.93. The van der Waals surface area contributed by atoms with E-state index < -0.39 is 25.8 Å². The number of carbonyl (C=O) groups excluding carboxylic acids is 1. The summed E-state index contributed by atoms with van der Waals surface area (Å²) < 4.78 is 28.5. The lowest BCUT2D eigenvalue weighted by Gasteiger charge is -2.14. The van der Waals surface area contributed by atoms with Crippen LogP contribution in [0.5, 0.6) is 0 Å². The number of pyridine rings is 1. The number of phosphoric acid groups is 1. The van der Waals surface area contributed by atoms with Crippen LogP contribution in [0.15, 0.2) is 36.5 Å². The molecule has 1 atom stereocenters. The molecule has 1 aliphatic rings. The van der Waals surface area contributed by atoms with Gasteiger partial charge in [-0.2, -0.15) is 4.80 Å². The van der Waals surface area contributed by atoms with Crippen molar-refractivity contribution < 1.29 is 38.3 Å². The highest BCUT2D eigenvalue weighted by atomic mass is 31.2. The number of carbonyl (C=O) groups is 1. The van der Waals surface area contributed by atoms with Gasteiger partial charge in [-0.05, 0) is 29.5 Å². The number of halogens is 1. The second-order valence-corrected chi connectivity index (χ2v) is 7.54. The quantitative estimate of drug-likeness (QED) is 0.390. The zero-order valence-corrected chi connectivity index (χ0v) is 17.4. The number of rotatable bonds is 4. The Morgan fingerprint density at radius 2 is 1.97 bits per heavy atom. The van der Waals surface area contributed by atoms with Crippen molar-refractivity contribution in [2.24, 2.45) is 7.05 Å². The van der Waals surface area contributed by atoms with Crippen LogP contribution in [0.3, 0.4) is 0 Å². The summed E-state index contributed by atoms with van der Waals surface area (Å²) in [4.78, 5) is 40.3. The molecule has 0 spiro atoms. The zero-order chi connectivity index (χ0) is 23.5. The van der Waals surface area contributed by atoms with E-state index >= 15 is 0 Å². The van der Waals surface area contributed by atoms with E-state index in [9.17, 15) is 9.18 Å². The highest BCUT2D eigenvalue weighted by Gasteiger charge is 2.32. The molecule has 1 unspecified atom stereocenters. The summed E-state index contributed by atoms with van der Waals surface area (Å²) in [6, 6.07) is 7.85. The van der Waals surface area contributed by atoms with Crippen LogP contribution >= 0.6 is 7.82 Å². The maximum absolute atomic E-state index is 14.6. The molecule has 15 heteroatoms. The number of hydrogen-bond acceptors (Lipinski definition) is 8. The Morgan fingerprint density at radius 1 is 1.25 bits per heavy atom. The van der Waals surface area contributed by atoms with Gasteiger partial charge in [-0.15, -0.1) is 10.2 Å². The first-order chi connectivity index (χ1) is 15.0. The van der Waals surface area contributed by atoms with Crippen molar-refractivity contribution in [2.45, 2.75) is 6.10 Å². The monoisotopic (exact) mass is 468 g/mol. The highest BCUT2D eigenvalue weighted by molar-refractivity contribution is 7.45. The van der Waals surface area contributed by atoms with E-state index in [4.69, 9.17) is 29.1 Å². The normalized spacial score (nSPS) is 15.9. The number of tetrazole rings is 1. The van der Waals surface area contributed by atoms with Gasteiger partial charge in [-0.3, -0.25) is 9.88 Å². The molecule has 2 aromatic heterocycles. The third kappa shape index (κ3) is 5.90. The number of hydrogen-bond donors (Lipinski definition) is 4. The molecule has 0 saturated carbocycles. The van der Waals surface area contributed by atoms with Crippen molar-refractivity contribution in [3.8, 4) is 22.6 Å². The SMILES string of the molecule is Cn1nnc(-c2ccc(-c3ccc(N4CC(CO)OC4=O)cc3F)cn2)n1.O=P(O)(O)O. The number of aromatic nitrogens is 5. The molecule has 1 aliphatic heterocycles. The lowest BCUT2D eigenvalue weighted by Crippen LogP contribution is -2.25. The van der Waals surface area contributed by atoms with Gasteiger partial charge in [0, 0.05) is 17.3 Å². The van der Waals surface area contributed by atoms with Crippen molar-refractivity contribution in [1.29, 1.82) is 0 Å². The van der Waals surface area contributed by atoms with Crippen LogP contribution in [-0.2, 0) is 16.3 Å². The molecular formula is C17H18FN6O7P. The lowest BCUT2D eigenvalue weighted by molar-refractivity contribution is 0.0963. The van der Waals surface area contributed by atoms with Crippen molar-refractivity contribution in [1.82, 2.24) is 25.2 Å². The average molecular weight is 468 g/mol. The van der Waals surface area contributed by atoms with E-state index in [0.29, 0.717) is 28.3 Å². The van der Waals surface area contributed by atoms with Gasteiger partial charge in [-0.1, -0.05) is 6.07 Å². The minimum absolute atomic E-state index is 0.176. The van der Waals surface area contributed by atoms with Gasteiger partial charge in [-0.25, -0.2) is 13.8 Å². The summed E-state index contributed by atoms with van der Waals surface area (Å²) in [5.41, 5.74) is 1.81. The first-order valence-corrected chi connectivity index (χ1v) is 10.5. The molecule has 4 N–H and O–H groups in total. The van der Waals surface area contributed by atoms with E-state index in [-0.39, 0.29) is 13.2 Å². The number of nitrogens with zero attached hydrogens (tertiary/aromatic N) is 6. The third-order valence-electron chi connectivity index (χ3n) is 4.15. The van der Waals surface area contributed by atoms with Crippen LogP contribution in [0.1, 0.15) is 0 Å². The smallest absolute Gasteiger partial charge is 0.441 e. The van der Waals surface area contributed by atoms with Crippen LogP contribution in [0.4, 0.5) is 14.9 Å². The Bertz CT molecular complexity index is 1140. The van der Waals surface area contributed by atoms with Crippen LogP contribution in [-0.4, -0.2) is 70.3 Å². The summed E-state index contributed by atoms with van der Waals surface area (Å²) in [5.74, 6) is -0.120. The number of cyclic esters (lactones) is 1. The van der Waals surface area contributed by atoms with Crippen molar-refractivity contribution in [3.05, 3.63) is 42.3 Å². The van der Waals surface area contributed by atoms with Gasteiger partial charge in [0.15, 0.2) is 0 Å². The van der Waals surface area contributed by atoms with E-state index in [1.165, 1.54) is 22.0 Å². The fourth-order valence-corrected chi connectivity index (χ4v) is 2.81. The predicted molar refractivity (Wildman–Crippen MR) is 106 cm³/mol. The predicted octanol–water partition coefficient (Wildman–Crippen LogP) is 0.467. The summed E-state index contributed by atoms with van der Waals surface area (Å²) in [7, 11) is -2.99. The number of ether oxygens (including phenoxy) is 1. The molecule has 3 heterocycles. The number of aliphatic hydroxyl groups excluding tert-OH is 1. The molecule has 0 radical (unpaired) electrons. The fourth-order valence-electron chi connectivity index (χ4n) is 2.81. The van der Waals surface area contributed by atoms with Gasteiger partial charge >= 0.3 is 13.9 Å². The number of aryl methyl sites for hydroxylation is 1. The fraction of sp³-hybridized carbons (Fsp3) is 0.235. The molecule has 0 aliphatic carbocycles. The molecule has 170 valence electrons. The molecule has 13 nitrogen and oxygen atoms in total. The van der Waals surface area contributed by atoms with Gasteiger partial charge in [0.25, 0.3) is 0 Å². The maximum Gasteiger partial charge on any atom is 0.466 e. The van der Waals surface area contributed by atoms with E-state index in [2.05, 4.69) is 20.4 Å². The number of aliphatic hydroxyl groups is 1. The molecule has 1 saturated heterocycles. The second-order valence-electron chi connectivity index (χ2n) is 6.51. The van der Waals surface area contributed by atoms with Gasteiger partial charge in [0.05, 0.1) is 25.9 Å². The van der Waals surface area contributed by atoms with Crippen LogP contribution < -0.4 is 4.90 Å². The largest absolute Gasteiger partial charge is 0.466 e. The van der Waals surface area contributed by atoms with Crippen LogP contribution in [0, 0.1) is 5.82 Å². The third-order valence-corrected chi connectivity index (χ3v) is 4.15. The average Bonchev–Trinajstić information content (AvgIpc) is 3.32. The Balaban J connectivity index is 0.000000523. The first kappa shape index (κ1) is 23.4. The molecule has 0 bridgehead atoms. The van der Waals surface area contributed by atoms with Gasteiger partial charge < -0.3 is 24.5 Å². The number of benzene rings is 1. The molecule has 1 amide bonds. The topological polar surface area (TPSA) is 184 Å². The summed E-state index contributed by atoms with van der Waals surface area (Å²) >= 11 is 0. The lowest BCUT2D eigenvalue weighted by atomic mass is 10.1. The Kier molecular flexibility index (Phi) is 6.91. The molecule has 3 aromatic rings. The van der Waals surface area contributed by atoms with Crippen LogP contribution in [0.25, 0.3) is 22.6 Å². The zero-order valence-electron chi connectivity index (χ0n) is 16.5. The van der Waals surface area contributed by atoms with E-state index in [1.807, 2.05) is 0 Å². The van der Waals surface area contributed by atoms with E-state index in [0.717, 1.165) is 0 Å². The Labute approximate surface area is 180 Å². The van der Waals surface area contributed by atoms with Crippen molar-refractivity contribution in [3.63, 3.8) is 0 Å².